The molecule has 0 atom stereocenters. The van der Waals surface area contributed by atoms with Crippen LogP contribution in [0.3, 0.4) is 0 Å². The Morgan fingerprint density at radius 2 is 1.88 bits per heavy atom. The van der Waals surface area contributed by atoms with Gasteiger partial charge in [-0.15, -0.1) is 0 Å². The van der Waals surface area contributed by atoms with Crippen LogP contribution in [-0.2, 0) is 11.2 Å². The van der Waals surface area contributed by atoms with Crippen LogP contribution < -0.4 is 0 Å². The first-order valence-electron chi connectivity index (χ1n) is 5.52. The van der Waals surface area contributed by atoms with Crippen LogP contribution in [-0.4, -0.2) is 4.98 Å². The quantitative estimate of drug-likeness (QED) is 0.733. The van der Waals surface area contributed by atoms with Gasteiger partial charge >= 0.3 is 0 Å². The fraction of sp³-hybridized carbons (Fsp3) is 0.357. The first kappa shape index (κ1) is 11.5. The fourth-order valence-corrected chi connectivity index (χ4v) is 2.02. The van der Waals surface area contributed by atoms with Gasteiger partial charge in [-0.25, -0.2) is 0 Å². The molecule has 0 fully saturated rings. The Bertz CT molecular complexity index is 512. The van der Waals surface area contributed by atoms with Gasteiger partial charge in [0.15, 0.2) is 0 Å². The molecule has 1 nitrogen and oxygen atoms in total. The minimum absolute atomic E-state index is 0.0850. The molecule has 0 aliphatic rings. The van der Waals surface area contributed by atoms with Crippen molar-refractivity contribution in [3.05, 3.63) is 41.6 Å². The lowest BCUT2D eigenvalue weighted by atomic mass is 9.90. The Balaban J connectivity index is 2.73. The number of pyridine rings is 1. The molecule has 0 spiro atoms. The van der Waals surface area contributed by atoms with Gasteiger partial charge in [-0.2, -0.15) is 12.6 Å². The van der Waals surface area contributed by atoms with E-state index in [1.807, 2.05) is 12.1 Å². The van der Waals surface area contributed by atoms with Gasteiger partial charge in [0.05, 0.1) is 5.52 Å². The van der Waals surface area contributed by atoms with Crippen LogP contribution in [0.1, 0.15) is 32.0 Å². The van der Waals surface area contributed by atoms with Gasteiger partial charge < -0.3 is 0 Å². The van der Waals surface area contributed by atoms with Crippen molar-refractivity contribution in [2.75, 3.05) is 0 Å². The highest BCUT2D eigenvalue weighted by atomic mass is 32.1. The van der Waals surface area contributed by atoms with Crippen molar-refractivity contribution < 1.29 is 0 Å². The molecule has 84 valence electrons. The molecular formula is C14H17NS. The highest BCUT2D eigenvalue weighted by Crippen LogP contribution is 2.26. The maximum atomic E-state index is 4.72. The molecule has 0 saturated heterocycles. The molecular weight excluding hydrogens is 214 g/mol. The van der Waals surface area contributed by atoms with Crippen molar-refractivity contribution in [1.82, 2.24) is 4.98 Å². The smallest absolute Gasteiger partial charge is 0.0708 e. The van der Waals surface area contributed by atoms with Crippen molar-refractivity contribution in [2.45, 2.75) is 31.9 Å². The maximum absolute atomic E-state index is 4.72. The maximum Gasteiger partial charge on any atom is 0.0708 e. The molecule has 1 aromatic heterocycles. The standard InChI is InChI=1S/C14H17NS/c1-14(2,3)13-8-10(9-16)11-6-4-5-7-12(11)15-13/h4-8,16H,9H2,1-3H3. The number of thiol groups is 1. The second-order valence-electron chi connectivity index (χ2n) is 5.09. The highest BCUT2D eigenvalue weighted by molar-refractivity contribution is 7.79. The molecule has 1 aromatic carbocycles. The highest BCUT2D eigenvalue weighted by Gasteiger charge is 2.17. The summed E-state index contributed by atoms with van der Waals surface area (Å²) < 4.78 is 0. The van der Waals surface area contributed by atoms with Crippen LogP contribution in [0.5, 0.6) is 0 Å². The van der Waals surface area contributed by atoms with Crippen molar-refractivity contribution >= 4 is 23.5 Å². The van der Waals surface area contributed by atoms with E-state index in [1.54, 1.807) is 0 Å². The Kier molecular flexibility index (Phi) is 2.94. The largest absolute Gasteiger partial charge is 0.252 e. The Morgan fingerprint density at radius 1 is 1.19 bits per heavy atom. The van der Waals surface area contributed by atoms with Gasteiger partial charge in [-0.1, -0.05) is 39.0 Å². The summed E-state index contributed by atoms with van der Waals surface area (Å²) in [4.78, 5) is 4.72. The number of para-hydroxylation sites is 1. The van der Waals surface area contributed by atoms with E-state index in [-0.39, 0.29) is 5.41 Å². The molecule has 0 radical (unpaired) electrons. The molecule has 0 bridgehead atoms. The summed E-state index contributed by atoms with van der Waals surface area (Å²) in [5.41, 5.74) is 3.55. The van der Waals surface area contributed by atoms with Crippen molar-refractivity contribution in [3.8, 4) is 0 Å². The van der Waals surface area contributed by atoms with E-state index in [0.29, 0.717) is 0 Å². The monoisotopic (exact) mass is 231 g/mol. The van der Waals surface area contributed by atoms with Crippen LogP contribution in [0.25, 0.3) is 10.9 Å². The average Bonchev–Trinajstić information content (AvgIpc) is 2.26. The molecule has 2 aromatic rings. The summed E-state index contributed by atoms with van der Waals surface area (Å²) in [6.07, 6.45) is 0. The summed E-state index contributed by atoms with van der Waals surface area (Å²) in [7, 11) is 0. The molecule has 0 amide bonds. The molecule has 0 aliphatic heterocycles. The number of benzene rings is 1. The second kappa shape index (κ2) is 4.10. The first-order chi connectivity index (χ1) is 7.52. The van der Waals surface area contributed by atoms with Crippen molar-refractivity contribution in [3.63, 3.8) is 0 Å². The first-order valence-corrected chi connectivity index (χ1v) is 6.15. The summed E-state index contributed by atoms with van der Waals surface area (Å²) >= 11 is 4.40. The van der Waals surface area contributed by atoms with E-state index in [0.717, 1.165) is 17.0 Å². The number of nitrogens with zero attached hydrogens (tertiary/aromatic N) is 1. The minimum atomic E-state index is 0.0850. The van der Waals surface area contributed by atoms with Gasteiger partial charge in [0.1, 0.15) is 0 Å². The van der Waals surface area contributed by atoms with Crippen LogP contribution in [0.2, 0.25) is 0 Å². The summed E-state index contributed by atoms with van der Waals surface area (Å²) in [5.74, 6) is 0.756. The van der Waals surface area contributed by atoms with E-state index in [4.69, 9.17) is 4.98 Å². The van der Waals surface area contributed by atoms with Gasteiger partial charge in [0.2, 0.25) is 0 Å². The SMILES string of the molecule is CC(C)(C)c1cc(CS)c2ccccc2n1. The molecule has 0 aliphatic carbocycles. The van der Waals surface area contributed by atoms with Gasteiger partial charge in [-0.05, 0) is 17.7 Å². The number of hydrogen-bond donors (Lipinski definition) is 1. The fourth-order valence-electron chi connectivity index (χ4n) is 1.76. The number of fused-ring (bicyclic) bond motifs is 1. The van der Waals surface area contributed by atoms with E-state index in [2.05, 4.69) is 51.6 Å². The average molecular weight is 231 g/mol. The molecule has 0 N–H and O–H groups in total. The molecule has 1 heterocycles. The number of aromatic nitrogens is 1. The third-order valence-electron chi connectivity index (χ3n) is 2.74. The van der Waals surface area contributed by atoms with Crippen LogP contribution in [0.4, 0.5) is 0 Å². The number of hydrogen-bond acceptors (Lipinski definition) is 2. The zero-order valence-corrected chi connectivity index (χ0v) is 10.9. The van der Waals surface area contributed by atoms with Crippen LogP contribution in [0, 0.1) is 0 Å². The topological polar surface area (TPSA) is 12.9 Å². The third kappa shape index (κ3) is 2.07. The van der Waals surface area contributed by atoms with Crippen LogP contribution >= 0.6 is 12.6 Å². The van der Waals surface area contributed by atoms with E-state index in [9.17, 15) is 0 Å². The third-order valence-corrected chi connectivity index (χ3v) is 3.08. The van der Waals surface area contributed by atoms with Crippen molar-refractivity contribution in [1.29, 1.82) is 0 Å². The molecule has 0 unspecified atom stereocenters. The Labute approximate surface area is 102 Å². The summed E-state index contributed by atoms with van der Waals surface area (Å²) in [6.45, 7) is 6.56. The van der Waals surface area contributed by atoms with E-state index >= 15 is 0 Å². The van der Waals surface area contributed by atoms with Crippen LogP contribution in [0.15, 0.2) is 30.3 Å². The van der Waals surface area contributed by atoms with Gasteiger partial charge in [0.25, 0.3) is 0 Å². The normalized spacial score (nSPS) is 12.0. The summed E-state index contributed by atoms with van der Waals surface area (Å²) in [6, 6.07) is 10.4. The molecule has 2 heteroatoms. The number of rotatable bonds is 1. The Hall–Kier alpha value is -1.02. The predicted molar refractivity (Wildman–Crippen MR) is 73.1 cm³/mol. The van der Waals surface area contributed by atoms with E-state index < -0.39 is 0 Å². The van der Waals surface area contributed by atoms with E-state index in [1.165, 1.54) is 10.9 Å². The van der Waals surface area contributed by atoms with Gasteiger partial charge in [-0.3, -0.25) is 4.98 Å². The lowest BCUT2D eigenvalue weighted by Gasteiger charge is -2.19. The lowest BCUT2D eigenvalue weighted by molar-refractivity contribution is 0.571. The summed E-state index contributed by atoms with van der Waals surface area (Å²) in [5, 5.41) is 1.21. The molecule has 16 heavy (non-hydrogen) atoms. The zero-order valence-electron chi connectivity index (χ0n) is 9.99. The lowest BCUT2D eigenvalue weighted by Crippen LogP contribution is -2.14. The minimum Gasteiger partial charge on any atom is -0.252 e. The second-order valence-corrected chi connectivity index (χ2v) is 5.41. The zero-order chi connectivity index (χ0) is 11.8. The van der Waals surface area contributed by atoms with Gasteiger partial charge in [0, 0.05) is 22.2 Å². The predicted octanol–water partition coefficient (Wildman–Crippen LogP) is 3.96. The molecule has 2 rings (SSSR count). The molecule has 0 saturated carbocycles. The van der Waals surface area contributed by atoms with Crippen molar-refractivity contribution in [2.24, 2.45) is 0 Å². The Morgan fingerprint density at radius 3 is 2.50 bits per heavy atom.